The molecule has 0 fully saturated rings. The van der Waals surface area contributed by atoms with Gasteiger partial charge in [0.05, 0.1) is 13.3 Å². The van der Waals surface area contributed by atoms with Gasteiger partial charge in [0.25, 0.3) is 0 Å². The number of nitrogens with one attached hydrogen (secondary N) is 3. The van der Waals surface area contributed by atoms with Gasteiger partial charge in [0.1, 0.15) is 5.75 Å². The molecule has 0 saturated heterocycles. The van der Waals surface area contributed by atoms with Gasteiger partial charge in [0, 0.05) is 5.56 Å². The molecule has 0 aliphatic carbocycles. The van der Waals surface area contributed by atoms with Gasteiger partial charge in [-0.05, 0) is 24.4 Å². The maximum Gasteiger partial charge on any atom is 0.238 e. The highest BCUT2D eigenvalue weighted by Gasteiger charge is 1.97. The number of nitrogens with zero attached hydrogens (tertiary/aromatic N) is 2. The van der Waals surface area contributed by atoms with E-state index in [-0.39, 0.29) is 0 Å². The van der Waals surface area contributed by atoms with Gasteiger partial charge in [0.2, 0.25) is 10.7 Å². The second-order valence-corrected chi connectivity index (χ2v) is 3.51. The Morgan fingerprint density at radius 1 is 1.41 bits per heavy atom. The Labute approximate surface area is 103 Å². The Hall–Kier alpha value is -2.15. The monoisotopic (exact) mass is 249 g/mol. The lowest BCUT2D eigenvalue weighted by molar-refractivity contribution is 0.414. The van der Waals surface area contributed by atoms with E-state index < -0.39 is 0 Å². The van der Waals surface area contributed by atoms with Gasteiger partial charge in [0.15, 0.2) is 0 Å². The molecule has 2 rings (SSSR count). The summed E-state index contributed by atoms with van der Waals surface area (Å²) in [7, 11) is 1.62. The van der Waals surface area contributed by atoms with Gasteiger partial charge in [-0.2, -0.15) is 10.1 Å². The number of aromatic amines is 2. The smallest absolute Gasteiger partial charge is 0.238 e. The number of H-pyrrole nitrogens is 2. The highest BCUT2D eigenvalue weighted by Crippen LogP contribution is 2.14. The topological polar surface area (TPSA) is 78.1 Å². The average Bonchev–Trinajstić information content (AvgIpc) is 2.76. The summed E-state index contributed by atoms with van der Waals surface area (Å²) in [6, 6.07) is 7.57. The molecule has 6 nitrogen and oxygen atoms in total. The number of hydrogen-bond acceptors (Lipinski definition) is 5. The summed E-state index contributed by atoms with van der Waals surface area (Å²) in [5, 5.41) is 9.40. The molecular weight excluding hydrogens is 238 g/mol. The van der Waals surface area contributed by atoms with E-state index in [4.69, 9.17) is 17.0 Å². The normalized spacial score (nSPS) is 10.6. The third-order valence-electron chi connectivity index (χ3n) is 2.01. The fourth-order valence-electron chi connectivity index (χ4n) is 1.26. The van der Waals surface area contributed by atoms with Crippen LogP contribution in [0.15, 0.2) is 29.4 Å². The third-order valence-corrected chi connectivity index (χ3v) is 2.21. The Bertz CT molecular complexity index is 574. The summed E-state index contributed by atoms with van der Waals surface area (Å²) in [4.78, 5) is 3.93. The number of rotatable bonds is 4. The third kappa shape index (κ3) is 2.91. The number of para-hydroxylation sites is 1. The largest absolute Gasteiger partial charge is 0.496 e. The molecule has 0 spiro atoms. The molecule has 0 radical (unpaired) electrons. The molecule has 7 heteroatoms. The molecule has 0 saturated carbocycles. The highest BCUT2D eigenvalue weighted by molar-refractivity contribution is 7.71. The predicted octanol–water partition coefficient (Wildman–Crippen LogP) is 1.92. The molecule has 0 atom stereocenters. The maximum absolute atomic E-state index is 5.19. The van der Waals surface area contributed by atoms with Crippen LogP contribution >= 0.6 is 12.2 Å². The van der Waals surface area contributed by atoms with Crippen molar-refractivity contribution in [1.82, 2.24) is 15.2 Å². The summed E-state index contributed by atoms with van der Waals surface area (Å²) in [5.74, 6) is 1.22. The van der Waals surface area contributed by atoms with E-state index in [2.05, 4.69) is 25.7 Å². The van der Waals surface area contributed by atoms with Crippen molar-refractivity contribution in [3.8, 4) is 5.75 Å². The lowest BCUT2D eigenvalue weighted by Crippen LogP contribution is -1.94. The first-order valence-corrected chi connectivity index (χ1v) is 5.27. The van der Waals surface area contributed by atoms with E-state index in [1.807, 2.05) is 24.3 Å². The SMILES string of the molecule is COc1ccccc1/C=N\Nc1nc(=S)[nH][nH]1. The van der Waals surface area contributed by atoms with Crippen LogP contribution in [0.5, 0.6) is 5.75 Å². The van der Waals surface area contributed by atoms with Gasteiger partial charge >= 0.3 is 0 Å². The summed E-state index contributed by atoms with van der Waals surface area (Å²) in [6.45, 7) is 0. The fraction of sp³-hybridized carbons (Fsp3) is 0.100. The van der Waals surface area contributed by atoms with Crippen molar-refractivity contribution in [2.24, 2.45) is 5.10 Å². The zero-order valence-electron chi connectivity index (χ0n) is 9.10. The first-order chi connectivity index (χ1) is 8.29. The number of hydrogen-bond donors (Lipinski definition) is 3. The van der Waals surface area contributed by atoms with Crippen molar-refractivity contribution in [3.05, 3.63) is 34.6 Å². The average molecular weight is 249 g/mol. The summed E-state index contributed by atoms with van der Waals surface area (Å²) in [5.41, 5.74) is 3.59. The van der Waals surface area contributed by atoms with Gasteiger partial charge in [-0.15, -0.1) is 0 Å². The Morgan fingerprint density at radius 3 is 2.94 bits per heavy atom. The molecular formula is C10H11N5OS. The first kappa shape index (κ1) is 11.3. The van der Waals surface area contributed by atoms with Crippen molar-refractivity contribution in [2.75, 3.05) is 12.5 Å². The molecule has 0 aliphatic rings. The van der Waals surface area contributed by atoms with Crippen LogP contribution in [0.4, 0.5) is 5.95 Å². The minimum absolute atomic E-state index is 0.375. The quantitative estimate of drug-likeness (QED) is 0.439. The molecule has 0 unspecified atom stereocenters. The molecule has 17 heavy (non-hydrogen) atoms. The van der Waals surface area contributed by atoms with E-state index in [0.29, 0.717) is 10.7 Å². The van der Waals surface area contributed by atoms with Crippen LogP contribution in [0.25, 0.3) is 0 Å². The molecule has 0 amide bonds. The van der Waals surface area contributed by atoms with Crippen molar-refractivity contribution < 1.29 is 4.74 Å². The molecule has 1 heterocycles. The van der Waals surface area contributed by atoms with E-state index >= 15 is 0 Å². The standard InChI is InChI=1S/C10H11N5OS/c1-16-8-5-3-2-4-7(8)6-11-13-9-12-10(17)15-14-9/h2-6H,1H3,(H3,12,13,14,15,17)/b11-6-. The molecule has 0 aliphatic heterocycles. The van der Waals surface area contributed by atoms with Crippen molar-refractivity contribution >= 4 is 24.4 Å². The van der Waals surface area contributed by atoms with Crippen molar-refractivity contribution in [3.63, 3.8) is 0 Å². The minimum atomic E-state index is 0.375. The van der Waals surface area contributed by atoms with Crippen LogP contribution in [0.1, 0.15) is 5.56 Å². The number of methoxy groups -OCH3 is 1. The number of benzene rings is 1. The van der Waals surface area contributed by atoms with Gasteiger partial charge in [-0.25, -0.2) is 5.43 Å². The van der Waals surface area contributed by atoms with Crippen LogP contribution in [-0.4, -0.2) is 28.5 Å². The number of hydrazone groups is 1. The second-order valence-electron chi connectivity index (χ2n) is 3.13. The summed E-state index contributed by atoms with van der Waals surface area (Å²) < 4.78 is 5.56. The van der Waals surface area contributed by atoms with Crippen LogP contribution in [0.2, 0.25) is 0 Å². The van der Waals surface area contributed by atoms with Gasteiger partial charge < -0.3 is 4.74 Å². The zero-order valence-corrected chi connectivity index (χ0v) is 9.91. The van der Waals surface area contributed by atoms with Crippen LogP contribution < -0.4 is 10.2 Å². The first-order valence-electron chi connectivity index (χ1n) is 4.86. The van der Waals surface area contributed by atoms with E-state index in [0.717, 1.165) is 11.3 Å². The minimum Gasteiger partial charge on any atom is -0.496 e. The Balaban J connectivity index is 2.07. The lowest BCUT2D eigenvalue weighted by Gasteiger charge is -2.02. The van der Waals surface area contributed by atoms with E-state index in [1.54, 1.807) is 13.3 Å². The molecule has 0 bridgehead atoms. The van der Waals surface area contributed by atoms with Gasteiger partial charge in [-0.3, -0.25) is 10.2 Å². The second kappa shape index (κ2) is 5.26. The number of aromatic nitrogens is 3. The Morgan fingerprint density at radius 2 is 2.24 bits per heavy atom. The van der Waals surface area contributed by atoms with Crippen molar-refractivity contribution in [2.45, 2.75) is 0 Å². The van der Waals surface area contributed by atoms with E-state index in [1.165, 1.54) is 0 Å². The van der Waals surface area contributed by atoms with E-state index in [9.17, 15) is 0 Å². The molecule has 1 aromatic carbocycles. The van der Waals surface area contributed by atoms with Crippen LogP contribution in [0.3, 0.4) is 0 Å². The number of anilines is 1. The predicted molar refractivity (Wildman–Crippen MR) is 68.0 cm³/mol. The van der Waals surface area contributed by atoms with Crippen LogP contribution in [0, 0.1) is 4.77 Å². The van der Waals surface area contributed by atoms with Crippen LogP contribution in [-0.2, 0) is 0 Å². The van der Waals surface area contributed by atoms with Crippen molar-refractivity contribution in [1.29, 1.82) is 0 Å². The summed E-state index contributed by atoms with van der Waals surface area (Å²) >= 11 is 4.81. The molecule has 1 aromatic heterocycles. The molecule has 88 valence electrons. The van der Waals surface area contributed by atoms with Gasteiger partial charge in [-0.1, -0.05) is 12.1 Å². The fourth-order valence-corrected chi connectivity index (χ4v) is 1.40. The molecule has 3 N–H and O–H groups in total. The Kier molecular flexibility index (Phi) is 3.51. The summed E-state index contributed by atoms with van der Waals surface area (Å²) in [6.07, 6.45) is 1.64. The lowest BCUT2D eigenvalue weighted by atomic mass is 10.2. The highest BCUT2D eigenvalue weighted by atomic mass is 32.1. The molecule has 2 aromatic rings. The number of ether oxygens (including phenoxy) is 1. The zero-order chi connectivity index (χ0) is 12.1. The maximum atomic E-state index is 5.19.